The Morgan fingerprint density at radius 3 is 2.29 bits per heavy atom. The lowest BCUT2D eigenvalue weighted by Crippen LogP contribution is -2.14. The summed E-state index contributed by atoms with van der Waals surface area (Å²) in [6.45, 7) is 1.81. The highest BCUT2D eigenvalue weighted by atomic mass is 79.9. The van der Waals surface area contributed by atoms with Gasteiger partial charge in [-0.15, -0.1) is 11.3 Å². The number of nitrogens with two attached hydrogens (primary N) is 1. The van der Waals surface area contributed by atoms with Crippen molar-refractivity contribution in [1.82, 2.24) is 0 Å². The summed E-state index contributed by atoms with van der Waals surface area (Å²) >= 11 is 4.27. The molecule has 0 fully saturated rings. The summed E-state index contributed by atoms with van der Waals surface area (Å²) in [7, 11) is -7.55. The summed E-state index contributed by atoms with van der Waals surface area (Å²) in [6.07, 6.45) is 0. The molecule has 0 radical (unpaired) electrons. The van der Waals surface area contributed by atoms with Crippen LogP contribution in [-0.4, -0.2) is 16.8 Å². The minimum Gasteiger partial charge on any atom is -0.278 e. The van der Waals surface area contributed by atoms with Crippen LogP contribution < -0.4 is 9.86 Å². The van der Waals surface area contributed by atoms with Crippen LogP contribution in [0.3, 0.4) is 0 Å². The fraction of sp³-hybridized carbons (Fsp3) is 0.0909. The van der Waals surface area contributed by atoms with Crippen LogP contribution in [0.15, 0.2) is 43.9 Å². The van der Waals surface area contributed by atoms with Gasteiger partial charge < -0.3 is 0 Å². The molecule has 0 aliphatic heterocycles. The second-order valence-electron chi connectivity index (χ2n) is 4.16. The van der Waals surface area contributed by atoms with E-state index in [-0.39, 0.29) is 19.3 Å². The summed E-state index contributed by atoms with van der Waals surface area (Å²) in [5.74, 6) is 0. The first-order chi connectivity index (χ1) is 9.59. The first kappa shape index (κ1) is 16.4. The van der Waals surface area contributed by atoms with Crippen LogP contribution in [0.5, 0.6) is 0 Å². The first-order valence-corrected chi connectivity index (χ1v) is 10.1. The molecule has 0 saturated heterocycles. The molecule has 2 rings (SSSR count). The van der Waals surface area contributed by atoms with Crippen molar-refractivity contribution in [3.63, 3.8) is 0 Å². The van der Waals surface area contributed by atoms with Crippen LogP contribution in [0.1, 0.15) is 4.88 Å². The number of halogens is 1. The van der Waals surface area contributed by atoms with Crippen LogP contribution in [0.25, 0.3) is 0 Å². The first-order valence-electron chi connectivity index (χ1n) is 5.51. The number of primary sulfonamides is 1. The van der Waals surface area contributed by atoms with E-state index in [0.717, 1.165) is 16.2 Å². The van der Waals surface area contributed by atoms with Crippen molar-refractivity contribution in [2.24, 2.45) is 5.14 Å². The number of hydrogen-bond donors (Lipinski definition) is 2. The van der Waals surface area contributed by atoms with Crippen molar-refractivity contribution in [2.45, 2.75) is 16.0 Å². The van der Waals surface area contributed by atoms with E-state index >= 15 is 0 Å². The smallest absolute Gasteiger partial charge is 0.271 e. The summed E-state index contributed by atoms with van der Waals surface area (Å²) in [6, 6.07) is 7.03. The van der Waals surface area contributed by atoms with E-state index in [0.29, 0.717) is 0 Å². The molecule has 3 N–H and O–H groups in total. The number of anilines is 1. The summed E-state index contributed by atoms with van der Waals surface area (Å²) in [5, 5.41) is 5.01. The second kappa shape index (κ2) is 5.69. The van der Waals surface area contributed by atoms with Gasteiger partial charge in [-0.3, -0.25) is 4.72 Å². The van der Waals surface area contributed by atoms with E-state index in [2.05, 4.69) is 20.7 Å². The van der Waals surface area contributed by atoms with Gasteiger partial charge in [0.25, 0.3) is 10.0 Å². The number of aryl methyl sites for hydroxylation is 1. The second-order valence-corrected chi connectivity index (χ2v) is 9.77. The van der Waals surface area contributed by atoms with E-state index in [1.165, 1.54) is 24.3 Å². The van der Waals surface area contributed by atoms with Gasteiger partial charge in [0.05, 0.1) is 10.6 Å². The van der Waals surface area contributed by atoms with E-state index in [1.54, 1.807) is 13.0 Å². The number of hydrogen-bond acceptors (Lipinski definition) is 5. The summed E-state index contributed by atoms with van der Waals surface area (Å²) in [5.41, 5.74) is 0.230. The molecule has 1 heterocycles. The molecule has 0 spiro atoms. The zero-order valence-electron chi connectivity index (χ0n) is 10.7. The Labute approximate surface area is 135 Å². The zero-order valence-corrected chi connectivity index (χ0v) is 14.7. The standard InChI is InChI=1S/C11H11BrN2O4S3/c1-7-2-5-11(19-7)21(17,18)14-10-4-3-8(6-9(10)12)20(13,15)16/h2-6,14H,1H3,(H2,13,15,16). The molecule has 0 aliphatic carbocycles. The third kappa shape index (κ3) is 3.83. The van der Waals surface area contributed by atoms with Crippen molar-refractivity contribution in [1.29, 1.82) is 0 Å². The highest BCUT2D eigenvalue weighted by Crippen LogP contribution is 2.29. The molecule has 0 unspecified atom stereocenters. The molecule has 1 aromatic heterocycles. The zero-order chi connectivity index (χ0) is 15.8. The fourth-order valence-electron chi connectivity index (χ4n) is 1.51. The predicted molar refractivity (Wildman–Crippen MR) is 85.4 cm³/mol. The fourth-order valence-corrected chi connectivity index (χ4v) is 5.17. The molecular formula is C11H11BrN2O4S3. The van der Waals surface area contributed by atoms with Gasteiger partial charge in [0.2, 0.25) is 10.0 Å². The Kier molecular flexibility index (Phi) is 4.45. The Hall–Kier alpha value is -0.940. The molecule has 21 heavy (non-hydrogen) atoms. The number of sulfonamides is 2. The van der Waals surface area contributed by atoms with Crippen molar-refractivity contribution < 1.29 is 16.8 Å². The normalized spacial score (nSPS) is 12.3. The molecule has 1 aromatic carbocycles. The Morgan fingerprint density at radius 1 is 1.14 bits per heavy atom. The largest absolute Gasteiger partial charge is 0.278 e. The van der Waals surface area contributed by atoms with Crippen molar-refractivity contribution in [3.05, 3.63) is 39.7 Å². The molecule has 6 nitrogen and oxygen atoms in total. The maximum absolute atomic E-state index is 12.2. The molecule has 114 valence electrons. The Balaban J connectivity index is 2.36. The van der Waals surface area contributed by atoms with E-state index in [1.807, 2.05) is 0 Å². The highest BCUT2D eigenvalue weighted by Gasteiger charge is 2.18. The van der Waals surface area contributed by atoms with Gasteiger partial charge in [-0.05, 0) is 53.2 Å². The molecule has 2 aromatic rings. The van der Waals surface area contributed by atoms with E-state index in [4.69, 9.17) is 5.14 Å². The van der Waals surface area contributed by atoms with Crippen LogP contribution in [-0.2, 0) is 20.0 Å². The molecule has 0 saturated carbocycles. The molecular weight excluding hydrogens is 400 g/mol. The molecule has 0 bridgehead atoms. The third-order valence-electron chi connectivity index (χ3n) is 2.49. The van der Waals surface area contributed by atoms with Crippen LogP contribution in [0, 0.1) is 6.92 Å². The maximum atomic E-state index is 12.2. The summed E-state index contributed by atoms with van der Waals surface area (Å²) < 4.78 is 49.7. The number of benzene rings is 1. The van der Waals surface area contributed by atoms with Crippen LogP contribution >= 0.6 is 27.3 Å². The van der Waals surface area contributed by atoms with Gasteiger partial charge in [0.15, 0.2) is 0 Å². The van der Waals surface area contributed by atoms with Gasteiger partial charge in [-0.25, -0.2) is 22.0 Å². The minimum atomic E-state index is -3.84. The van der Waals surface area contributed by atoms with Crippen LogP contribution in [0.4, 0.5) is 5.69 Å². The monoisotopic (exact) mass is 410 g/mol. The topological polar surface area (TPSA) is 106 Å². The highest BCUT2D eigenvalue weighted by molar-refractivity contribution is 9.10. The number of nitrogens with one attached hydrogen (secondary N) is 1. The lowest BCUT2D eigenvalue weighted by Gasteiger charge is -2.09. The Morgan fingerprint density at radius 2 is 1.81 bits per heavy atom. The molecule has 10 heteroatoms. The average molecular weight is 411 g/mol. The SMILES string of the molecule is Cc1ccc(S(=O)(=O)Nc2ccc(S(N)(=O)=O)cc2Br)s1. The van der Waals surface area contributed by atoms with Gasteiger partial charge >= 0.3 is 0 Å². The lowest BCUT2D eigenvalue weighted by molar-refractivity contribution is 0.597. The summed E-state index contributed by atoms with van der Waals surface area (Å²) in [4.78, 5) is 0.767. The molecule has 0 amide bonds. The van der Waals surface area contributed by atoms with Gasteiger partial charge in [-0.1, -0.05) is 0 Å². The number of thiophene rings is 1. The van der Waals surface area contributed by atoms with Gasteiger partial charge in [-0.2, -0.15) is 0 Å². The molecule has 0 aliphatic rings. The van der Waals surface area contributed by atoms with Crippen molar-refractivity contribution in [2.75, 3.05) is 4.72 Å². The minimum absolute atomic E-state index is 0.107. The predicted octanol–water partition coefficient (Wildman–Crippen LogP) is 2.27. The maximum Gasteiger partial charge on any atom is 0.271 e. The van der Waals surface area contributed by atoms with Crippen molar-refractivity contribution in [3.8, 4) is 0 Å². The average Bonchev–Trinajstić information content (AvgIpc) is 2.78. The van der Waals surface area contributed by atoms with E-state index < -0.39 is 20.0 Å². The van der Waals surface area contributed by atoms with Gasteiger partial charge in [0, 0.05) is 9.35 Å². The van der Waals surface area contributed by atoms with E-state index in [9.17, 15) is 16.8 Å². The lowest BCUT2D eigenvalue weighted by atomic mass is 10.3. The van der Waals surface area contributed by atoms with Gasteiger partial charge in [0.1, 0.15) is 4.21 Å². The van der Waals surface area contributed by atoms with Crippen molar-refractivity contribution >= 4 is 53.0 Å². The number of rotatable bonds is 4. The molecule has 0 atom stereocenters. The third-order valence-corrected chi connectivity index (χ3v) is 6.92. The van der Waals surface area contributed by atoms with Crippen LogP contribution in [0.2, 0.25) is 0 Å². The Bertz CT molecular complexity index is 888. The quantitative estimate of drug-likeness (QED) is 0.805.